The van der Waals surface area contributed by atoms with E-state index in [-0.39, 0.29) is 10.8 Å². The highest BCUT2D eigenvalue weighted by atomic mass is 79.9. The SMILES string of the molecule is O=C(c1cccc(Br)c1)N(/N=C/c1ccc([N+](=O)[O-])cc1)c1nc2ccc(F)cc2s1. The van der Waals surface area contributed by atoms with Gasteiger partial charge in [0.05, 0.1) is 21.4 Å². The molecule has 0 spiro atoms. The topological polar surface area (TPSA) is 88.7 Å². The van der Waals surface area contributed by atoms with Crippen molar-refractivity contribution in [3.8, 4) is 0 Å². The Morgan fingerprint density at radius 2 is 1.94 bits per heavy atom. The van der Waals surface area contributed by atoms with Crippen molar-refractivity contribution in [3.63, 3.8) is 0 Å². The first-order valence-electron chi connectivity index (χ1n) is 8.85. The molecule has 10 heteroatoms. The third-order valence-electron chi connectivity index (χ3n) is 4.21. The summed E-state index contributed by atoms with van der Waals surface area (Å²) in [6.45, 7) is 0. The molecule has 4 rings (SSSR count). The summed E-state index contributed by atoms with van der Waals surface area (Å²) in [6.07, 6.45) is 1.41. The maximum absolute atomic E-state index is 13.6. The number of carbonyl (C=O) groups excluding carboxylic acids is 1. The van der Waals surface area contributed by atoms with Gasteiger partial charge in [-0.15, -0.1) is 0 Å². The summed E-state index contributed by atoms with van der Waals surface area (Å²) in [5, 5.41) is 16.5. The highest BCUT2D eigenvalue weighted by Gasteiger charge is 2.21. The highest BCUT2D eigenvalue weighted by molar-refractivity contribution is 9.10. The molecule has 1 amide bonds. The maximum atomic E-state index is 13.6. The number of anilines is 1. The molecule has 0 fully saturated rings. The number of hydrazone groups is 1. The second-order valence-corrected chi connectivity index (χ2v) is 8.25. The summed E-state index contributed by atoms with van der Waals surface area (Å²) in [7, 11) is 0. The molecule has 0 aliphatic carbocycles. The molecule has 1 heterocycles. The molecule has 0 aliphatic rings. The van der Waals surface area contributed by atoms with Crippen LogP contribution >= 0.6 is 27.3 Å². The van der Waals surface area contributed by atoms with Crippen molar-refractivity contribution in [2.75, 3.05) is 5.01 Å². The van der Waals surface area contributed by atoms with Gasteiger partial charge >= 0.3 is 0 Å². The Bertz CT molecular complexity index is 1320. The lowest BCUT2D eigenvalue weighted by atomic mass is 10.2. The van der Waals surface area contributed by atoms with E-state index in [2.05, 4.69) is 26.0 Å². The monoisotopic (exact) mass is 498 g/mol. The first kappa shape index (κ1) is 20.8. The maximum Gasteiger partial charge on any atom is 0.280 e. The van der Waals surface area contributed by atoms with E-state index in [0.717, 1.165) is 20.8 Å². The van der Waals surface area contributed by atoms with Gasteiger partial charge in [-0.05, 0) is 54.1 Å². The summed E-state index contributed by atoms with van der Waals surface area (Å²) in [5.74, 6) is -0.832. The molecule has 0 saturated heterocycles. The summed E-state index contributed by atoms with van der Waals surface area (Å²) < 4.78 is 14.9. The van der Waals surface area contributed by atoms with Gasteiger partial charge in [-0.1, -0.05) is 33.3 Å². The van der Waals surface area contributed by atoms with Crippen molar-refractivity contribution in [1.29, 1.82) is 0 Å². The molecular formula is C21H12BrFN4O3S. The fourth-order valence-corrected chi connectivity index (χ4v) is 4.06. The number of hydrogen-bond donors (Lipinski definition) is 0. The molecule has 0 atom stereocenters. The van der Waals surface area contributed by atoms with Crippen LogP contribution in [0.2, 0.25) is 0 Å². The van der Waals surface area contributed by atoms with Crippen molar-refractivity contribution >= 4 is 60.4 Å². The number of non-ortho nitro benzene ring substituents is 1. The standard InChI is InChI=1S/C21H12BrFN4O3S/c22-15-3-1-2-14(10-15)20(28)26(21-25-18-9-6-16(23)11-19(18)31-21)24-12-13-4-7-17(8-5-13)27(29)30/h1-12H/b24-12+. The van der Waals surface area contributed by atoms with E-state index < -0.39 is 16.6 Å². The molecular weight excluding hydrogens is 487 g/mol. The largest absolute Gasteiger partial charge is 0.280 e. The number of hydrogen-bond acceptors (Lipinski definition) is 6. The Balaban J connectivity index is 1.74. The smallest absolute Gasteiger partial charge is 0.267 e. The Morgan fingerprint density at radius 1 is 1.16 bits per heavy atom. The fraction of sp³-hybridized carbons (Fsp3) is 0. The summed E-state index contributed by atoms with van der Waals surface area (Å²) >= 11 is 4.47. The summed E-state index contributed by atoms with van der Waals surface area (Å²) in [5.41, 5.74) is 1.43. The van der Waals surface area contributed by atoms with Crippen molar-refractivity contribution in [1.82, 2.24) is 4.98 Å². The average Bonchev–Trinajstić information content (AvgIpc) is 3.16. The average molecular weight is 499 g/mol. The number of carbonyl (C=O) groups is 1. The second-order valence-electron chi connectivity index (χ2n) is 6.33. The minimum absolute atomic E-state index is 0.0487. The third-order valence-corrected chi connectivity index (χ3v) is 5.70. The van der Waals surface area contributed by atoms with Gasteiger partial charge in [-0.2, -0.15) is 10.1 Å². The lowest BCUT2D eigenvalue weighted by Gasteiger charge is -2.14. The van der Waals surface area contributed by atoms with Crippen LogP contribution in [0.15, 0.2) is 76.3 Å². The van der Waals surface area contributed by atoms with Crippen LogP contribution in [0.4, 0.5) is 15.2 Å². The minimum atomic E-state index is -0.496. The van der Waals surface area contributed by atoms with E-state index in [9.17, 15) is 19.3 Å². The number of halogens is 2. The van der Waals surface area contributed by atoms with Gasteiger partial charge in [-0.3, -0.25) is 14.9 Å². The molecule has 31 heavy (non-hydrogen) atoms. The summed E-state index contributed by atoms with van der Waals surface area (Å²) in [4.78, 5) is 27.9. The molecule has 3 aromatic carbocycles. The van der Waals surface area contributed by atoms with Gasteiger partial charge in [0.25, 0.3) is 11.6 Å². The Labute approximate surface area is 187 Å². The van der Waals surface area contributed by atoms with Crippen molar-refractivity contribution in [2.24, 2.45) is 5.10 Å². The molecule has 0 aliphatic heterocycles. The molecule has 0 radical (unpaired) electrons. The number of fused-ring (bicyclic) bond motifs is 1. The second kappa shape index (κ2) is 8.70. The van der Waals surface area contributed by atoms with Crippen LogP contribution in [-0.4, -0.2) is 22.0 Å². The molecule has 0 bridgehead atoms. The van der Waals surface area contributed by atoms with Gasteiger partial charge < -0.3 is 0 Å². The molecule has 0 unspecified atom stereocenters. The Hall–Kier alpha value is -3.50. The minimum Gasteiger partial charge on any atom is -0.267 e. The van der Waals surface area contributed by atoms with Crippen LogP contribution in [0, 0.1) is 15.9 Å². The lowest BCUT2D eigenvalue weighted by Crippen LogP contribution is -2.25. The van der Waals surface area contributed by atoms with Gasteiger partial charge in [-0.25, -0.2) is 9.37 Å². The Morgan fingerprint density at radius 3 is 2.65 bits per heavy atom. The van der Waals surface area contributed by atoms with Gasteiger partial charge in [0.2, 0.25) is 5.13 Å². The van der Waals surface area contributed by atoms with Gasteiger partial charge in [0, 0.05) is 22.2 Å². The first-order valence-corrected chi connectivity index (χ1v) is 10.5. The quantitative estimate of drug-likeness (QED) is 0.198. The predicted molar refractivity (Wildman–Crippen MR) is 121 cm³/mol. The molecule has 1 aromatic heterocycles. The third kappa shape index (κ3) is 4.65. The molecule has 7 nitrogen and oxygen atoms in total. The zero-order chi connectivity index (χ0) is 22.0. The zero-order valence-corrected chi connectivity index (χ0v) is 18.0. The predicted octanol–water partition coefficient (Wildman–Crippen LogP) is 5.79. The number of nitrogens with zero attached hydrogens (tertiary/aromatic N) is 4. The number of amides is 1. The van der Waals surface area contributed by atoms with Gasteiger partial charge in [0.15, 0.2) is 0 Å². The lowest BCUT2D eigenvalue weighted by molar-refractivity contribution is -0.384. The van der Waals surface area contributed by atoms with Crippen LogP contribution in [-0.2, 0) is 0 Å². The van der Waals surface area contributed by atoms with E-state index in [4.69, 9.17) is 0 Å². The number of aromatic nitrogens is 1. The number of nitro groups is 1. The number of benzene rings is 3. The first-order chi connectivity index (χ1) is 14.9. The van der Waals surface area contributed by atoms with Crippen LogP contribution in [0.3, 0.4) is 0 Å². The zero-order valence-electron chi connectivity index (χ0n) is 15.6. The molecule has 0 saturated carbocycles. The van der Waals surface area contributed by atoms with E-state index in [1.54, 1.807) is 24.3 Å². The Kier molecular flexibility index (Phi) is 5.83. The van der Waals surface area contributed by atoms with E-state index in [0.29, 0.717) is 21.3 Å². The van der Waals surface area contributed by atoms with E-state index in [1.165, 1.54) is 48.7 Å². The summed E-state index contributed by atoms with van der Waals surface area (Å²) in [6, 6.07) is 16.7. The molecule has 154 valence electrons. The number of thiazole rings is 1. The number of nitro benzene ring substituents is 1. The van der Waals surface area contributed by atoms with Crippen LogP contribution < -0.4 is 5.01 Å². The van der Waals surface area contributed by atoms with Crippen LogP contribution in [0.5, 0.6) is 0 Å². The van der Waals surface area contributed by atoms with Crippen molar-refractivity contribution in [2.45, 2.75) is 0 Å². The normalized spacial score (nSPS) is 11.2. The van der Waals surface area contributed by atoms with Crippen molar-refractivity contribution < 1.29 is 14.1 Å². The van der Waals surface area contributed by atoms with Crippen molar-refractivity contribution in [3.05, 3.63) is 98.3 Å². The van der Waals surface area contributed by atoms with Gasteiger partial charge in [0.1, 0.15) is 5.82 Å². The molecule has 0 N–H and O–H groups in total. The number of rotatable bonds is 5. The van der Waals surface area contributed by atoms with E-state index >= 15 is 0 Å². The molecule has 4 aromatic rings. The van der Waals surface area contributed by atoms with Crippen LogP contribution in [0.1, 0.15) is 15.9 Å². The van der Waals surface area contributed by atoms with Crippen LogP contribution in [0.25, 0.3) is 10.2 Å². The highest BCUT2D eigenvalue weighted by Crippen LogP contribution is 2.31. The fourth-order valence-electron chi connectivity index (χ4n) is 2.72. The van der Waals surface area contributed by atoms with E-state index in [1.807, 2.05) is 0 Å².